The maximum atomic E-state index is 12.1. The highest BCUT2D eigenvalue weighted by Crippen LogP contribution is 2.15. The van der Waals surface area contributed by atoms with Gasteiger partial charge >= 0.3 is 6.18 Å². The zero-order chi connectivity index (χ0) is 17.7. The lowest BCUT2D eigenvalue weighted by Crippen LogP contribution is -2.33. The van der Waals surface area contributed by atoms with Gasteiger partial charge in [0, 0.05) is 23.1 Å². The predicted molar refractivity (Wildman–Crippen MR) is 81.8 cm³/mol. The van der Waals surface area contributed by atoms with E-state index in [1.165, 1.54) is 30.5 Å². The lowest BCUT2D eigenvalue weighted by Gasteiger charge is -2.10. The fourth-order valence-corrected chi connectivity index (χ4v) is 1.83. The number of nitrogens with one attached hydrogen (secondary N) is 2. The van der Waals surface area contributed by atoms with Gasteiger partial charge in [-0.15, -0.1) is 0 Å². The van der Waals surface area contributed by atoms with Gasteiger partial charge in [-0.05, 0) is 37.3 Å². The maximum Gasteiger partial charge on any atom is 0.405 e. The quantitative estimate of drug-likeness (QED) is 0.901. The van der Waals surface area contributed by atoms with Crippen molar-refractivity contribution in [3.05, 3.63) is 59.4 Å². The molecule has 0 aliphatic carbocycles. The Bertz CT molecular complexity index is 743. The number of benzene rings is 1. The Kier molecular flexibility index (Phi) is 5.18. The normalized spacial score (nSPS) is 11.0. The monoisotopic (exact) mass is 337 g/mol. The lowest BCUT2D eigenvalue weighted by atomic mass is 10.1. The molecule has 0 fully saturated rings. The lowest BCUT2D eigenvalue weighted by molar-refractivity contribution is -0.123. The van der Waals surface area contributed by atoms with Crippen molar-refractivity contribution in [1.29, 1.82) is 0 Å². The molecular formula is C16H14F3N3O2. The highest BCUT2D eigenvalue weighted by molar-refractivity contribution is 6.04. The maximum absolute atomic E-state index is 12.1. The van der Waals surface area contributed by atoms with Crippen molar-refractivity contribution in [3.8, 4) is 0 Å². The largest absolute Gasteiger partial charge is 0.405 e. The second-order valence-electron chi connectivity index (χ2n) is 5.02. The molecule has 0 aliphatic heterocycles. The first-order chi connectivity index (χ1) is 11.2. The highest BCUT2D eigenvalue weighted by Gasteiger charge is 2.27. The van der Waals surface area contributed by atoms with Crippen LogP contribution < -0.4 is 10.6 Å². The molecule has 0 aliphatic rings. The van der Waals surface area contributed by atoms with Crippen LogP contribution >= 0.6 is 0 Å². The van der Waals surface area contributed by atoms with Crippen LogP contribution in [0.5, 0.6) is 0 Å². The number of aromatic nitrogens is 1. The van der Waals surface area contributed by atoms with E-state index in [4.69, 9.17) is 0 Å². The molecule has 0 spiro atoms. The van der Waals surface area contributed by atoms with Gasteiger partial charge in [-0.2, -0.15) is 13.2 Å². The summed E-state index contributed by atoms with van der Waals surface area (Å²) in [6, 6.07) is 8.92. The van der Waals surface area contributed by atoms with Crippen LogP contribution in [0.25, 0.3) is 0 Å². The molecule has 2 aromatic rings. The summed E-state index contributed by atoms with van der Waals surface area (Å²) < 4.78 is 36.4. The number of amides is 2. The van der Waals surface area contributed by atoms with Crippen LogP contribution in [0.3, 0.4) is 0 Å². The van der Waals surface area contributed by atoms with Crippen LogP contribution in [0.4, 0.5) is 18.9 Å². The third-order valence-electron chi connectivity index (χ3n) is 3.01. The molecule has 0 unspecified atom stereocenters. The average Bonchev–Trinajstić information content (AvgIpc) is 2.52. The predicted octanol–water partition coefficient (Wildman–Crippen LogP) is 2.93. The summed E-state index contributed by atoms with van der Waals surface area (Å²) in [6.07, 6.45) is -3.08. The van der Waals surface area contributed by atoms with Crippen LogP contribution in [0, 0.1) is 6.92 Å². The number of hydrogen-bond acceptors (Lipinski definition) is 3. The van der Waals surface area contributed by atoms with Gasteiger partial charge in [-0.3, -0.25) is 14.6 Å². The number of anilines is 1. The van der Waals surface area contributed by atoms with Crippen LogP contribution in [0.1, 0.15) is 26.4 Å². The second-order valence-corrected chi connectivity index (χ2v) is 5.02. The minimum absolute atomic E-state index is 0.0130. The first kappa shape index (κ1) is 17.5. The van der Waals surface area contributed by atoms with E-state index in [-0.39, 0.29) is 5.56 Å². The summed E-state index contributed by atoms with van der Waals surface area (Å²) in [5.74, 6) is -1.31. The van der Waals surface area contributed by atoms with E-state index in [1.54, 1.807) is 24.4 Å². The molecule has 2 N–H and O–H groups in total. The van der Waals surface area contributed by atoms with E-state index in [9.17, 15) is 22.8 Å². The van der Waals surface area contributed by atoms with Crippen molar-refractivity contribution in [2.24, 2.45) is 0 Å². The first-order valence-electron chi connectivity index (χ1n) is 6.93. The number of aryl methyl sites for hydroxylation is 1. The highest BCUT2D eigenvalue weighted by atomic mass is 19.4. The number of carbonyl (C=O) groups excluding carboxylic acids is 2. The standard InChI is InChI=1S/C16H14F3N3O2/c1-10-5-6-12(8-20-10)15(24)22-13-4-2-3-11(7-13)14(23)21-9-16(17,18)19/h2-8H,9H2,1H3,(H,21,23)(H,22,24). The Morgan fingerprint density at radius 3 is 2.46 bits per heavy atom. The Labute approximate surface area is 135 Å². The molecule has 0 atom stereocenters. The second kappa shape index (κ2) is 7.12. The number of hydrogen-bond donors (Lipinski definition) is 2. The van der Waals surface area contributed by atoms with E-state index in [2.05, 4.69) is 10.3 Å². The first-order valence-corrected chi connectivity index (χ1v) is 6.93. The molecule has 1 heterocycles. The van der Waals surface area contributed by atoms with Gasteiger partial charge in [-0.1, -0.05) is 6.07 Å². The van der Waals surface area contributed by atoms with Crippen molar-refractivity contribution >= 4 is 17.5 Å². The number of carbonyl (C=O) groups is 2. The molecule has 2 rings (SSSR count). The minimum atomic E-state index is -4.49. The van der Waals surface area contributed by atoms with Gasteiger partial charge in [0.15, 0.2) is 0 Å². The zero-order valence-corrected chi connectivity index (χ0v) is 12.6. The van der Waals surface area contributed by atoms with E-state index < -0.39 is 24.5 Å². The van der Waals surface area contributed by atoms with Crippen molar-refractivity contribution in [2.45, 2.75) is 13.1 Å². The molecule has 0 bridgehead atoms. The molecule has 24 heavy (non-hydrogen) atoms. The zero-order valence-electron chi connectivity index (χ0n) is 12.6. The fourth-order valence-electron chi connectivity index (χ4n) is 1.83. The molecule has 2 amide bonds. The molecule has 0 saturated carbocycles. The Morgan fingerprint density at radius 1 is 1.08 bits per heavy atom. The van der Waals surface area contributed by atoms with E-state index in [0.717, 1.165) is 5.69 Å². The van der Waals surface area contributed by atoms with Crippen LogP contribution in [0.15, 0.2) is 42.6 Å². The average molecular weight is 337 g/mol. The number of rotatable bonds is 4. The number of nitrogens with zero attached hydrogens (tertiary/aromatic N) is 1. The number of alkyl halides is 3. The molecule has 0 radical (unpaired) electrons. The Morgan fingerprint density at radius 2 is 1.83 bits per heavy atom. The van der Waals surface area contributed by atoms with E-state index >= 15 is 0 Å². The van der Waals surface area contributed by atoms with Gasteiger partial charge in [0.05, 0.1) is 5.56 Å². The molecule has 8 heteroatoms. The third kappa shape index (κ3) is 5.08. The molecule has 126 valence electrons. The fraction of sp³-hybridized carbons (Fsp3) is 0.188. The SMILES string of the molecule is Cc1ccc(C(=O)Nc2cccc(C(=O)NCC(F)(F)F)c2)cn1. The smallest absolute Gasteiger partial charge is 0.343 e. The van der Waals surface area contributed by atoms with Crippen molar-refractivity contribution < 1.29 is 22.8 Å². The van der Waals surface area contributed by atoms with Crippen LogP contribution in [-0.4, -0.2) is 29.5 Å². The summed E-state index contributed by atoms with van der Waals surface area (Å²) >= 11 is 0. The van der Waals surface area contributed by atoms with Gasteiger partial charge in [0.25, 0.3) is 11.8 Å². The van der Waals surface area contributed by atoms with E-state index in [1.807, 2.05) is 0 Å². The Hall–Kier alpha value is -2.90. The van der Waals surface area contributed by atoms with Crippen LogP contribution in [0.2, 0.25) is 0 Å². The topological polar surface area (TPSA) is 71.1 Å². The van der Waals surface area contributed by atoms with Gasteiger partial charge in [-0.25, -0.2) is 0 Å². The third-order valence-corrected chi connectivity index (χ3v) is 3.01. The summed E-state index contributed by atoms with van der Waals surface area (Å²) in [5.41, 5.74) is 1.39. The van der Waals surface area contributed by atoms with Crippen LogP contribution in [-0.2, 0) is 0 Å². The molecule has 5 nitrogen and oxygen atoms in total. The van der Waals surface area contributed by atoms with E-state index in [0.29, 0.717) is 11.3 Å². The summed E-state index contributed by atoms with van der Waals surface area (Å²) in [7, 11) is 0. The molecule has 1 aromatic carbocycles. The van der Waals surface area contributed by atoms with Crippen molar-refractivity contribution in [1.82, 2.24) is 10.3 Å². The summed E-state index contributed by atoms with van der Waals surface area (Å²) in [5, 5.41) is 4.33. The minimum Gasteiger partial charge on any atom is -0.343 e. The number of pyridine rings is 1. The molecular weight excluding hydrogens is 323 g/mol. The van der Waals surface area contributed by atoms with Crippen molar-refractivity contribution in [3.63, 3.8) is 0 Å². The summed E-state index contributed by atoms with van der Waals surface area (Å²) in [6.45, 7) is 0.363. The van der Waals surface area contributed by atoms with Gasteiger partial charge in [0.1, 0.15) is 6.54 Å². The van der Waals surface area contributed by atoms with Gasteiger partial charge < -0.3 is 10.6 Å². The number of halogens is 3. The molecule has 1 aromatic heterocycles. The summed E-state index contributed by atoms with van der Waals surface area (Å²) in [4.78, 5) is 27.8. The Balaban J connectivity index is 2.05. The van der Waals surface area contributed by atoms with Crippen molar-refractivity contribution in [2.75, 3.05) is 11.9 Å². The molecule has 0 saturated heterocycles. The van der Waals surface area contributed by atoms with Gasteiger partial charge in [0.2, 0.25) is 0 Å².